The number of esters is 4. The molecule has 12 heteroatoms. The molecule has 0 aromatic heterocycles. The van der Waals surface area contributed by atoms with Crippen LogP contribution in [0, 0.1) is 41.4 Å². The van der Waals surface area contributed by atoms with Crippen LogP contribution in [0.1, 0.15) is 40.5 Å². The number of hydrogen-bond donors (Lipinski definition) is 0. The van der Waals surface area contributed by atoms with Gasteiger partial charge in [0.1, 0.15) is 11.3 Å². The van der Waals surface area contributed by atoms with Crippen molar-refractivity contribution in [3.8, 4) is 0 Å². The zero-order valence-electron chi connectivity index (χ0n) is 22.1. The van der Waals surface area contributed by atoms with Crippen LogP contribution in [-0.2, 0) is 38.1 Å². The second-order valence-electron chi connectivity index (χ2n) is 11.1. The van der Waals surface area contributed by atoms with Crippen molar-refractivity contribution in [3.05, 3.63) is 11.1 Å². The maximum absolute atomic E-state index is 14.6. The molecule has 9 nitrogen and oxygen atoms in total. The number of aliphatic imine (C=N–C) groups is 1. The van der Waals surface area contributed by atoms with Crippen molar-refractivity contribution in [1.29, 1.82) is 0 Å². The molecule has 0 aromatic rings. The Hall–Kier alpha value is -2.92. The molecule has 38 heavy (non-hydrogen) atoms. The first-order valence-corrected chi connectivity index (χ1v) is 12.6. The number of hydrogen-bond acceptors (Lipinski definition) is 9. The minimum atomic E-state index is -4.96. The van der Waals surface area contributed by atoms with Gasteiger partial charge in [-0.15, -0.1) is 0 Å². The van der Waals surface area contributed by atoms with Crippen molar-refractivity contribution >= 4 is 29.6 Å². The number of halogens is 3. The monoisotopic (exact) mass is 543 g/mol. The molecular formula is C26H32F3NO8. The fourth-order valence-corrected chi connectivity index (χ4v) is 7.11. The zero-order valence-corrected chi connectivity index (χ0v) is 22.1. The van der Waals surface area contributed by atoms with Crippen LogP contribution in [0.3, 0.4) is 0 Å². The summed E-state index contributed by atoms with van der Waals surface area (Å²) in [5.74, 6) is -9.22. The average molecular weight is 544 g/mol. The highest BCUT2D eigenvalue weighted by Gasteiger charge is 2.71. The SMILES string of the molecule is CCOC(=O)C1N=C(C(=O)OC(C)(C)C)C2C(=C1C(F)(F)F)C1C3CCC(C(C(=O)OC)C3C(=O)OC)C21. The summed E-state index contributed by atoms with van der Waals surface area (Å²) in [4.78, 5) is 55.8. The number of nitrogens with zero attached hydrogens (tertiary/aromatic N) is 1. The number of carbonyl (C=O) groups excluding carboxylic acids is 4. The summed E-state index contributed by atoms with van der Waals surface area (Å²) in [5, 5.41) is 0. The van der Waals surface area contributed by atoms with Crippen LogP contribution in [0.4, 0.5) is 13.2 Å². The smallest absolute Gasteiger partial charge is 0.415 e. The minimum absolute atomic E-state index is 0.150. The molecule has 1 heterocycles. The lowest BCUT2D eigenvalue weighted by Gasteiger charge is -2.65. The Labute approximate surface area is 218 Å². The van der Waals surface area contributed by atoms with Gasteiger partial charge >= 0.3 is 30.1 Å². The molecule has 0 spiro atoms. The van der Waals surface area contributed by atoms with Gasteiger partial charge in [0.15, 0.2) is 6.04 Å². The lowest BCUT2D eigenvalue weighted by atomic mass is 9.38. The number of allylic oxidation sites excluding steroid dienone is 1. The molecule has 5 aliphatic rings. The highest BCUT2D eigenvalue weighted by atomic mass is 19.4. The van der Waals surface area contributed by atoms with Gasteiger partial charge in [0.05, 0.1) is 38.2 Å². The van der Waals surface area contributed by atoms with Crippen molar-refractivity contribution < 1.29 is 51.3 Å². The van der Waals surface area contributed by atoms with Crippen LogP contribution in [0.15, 0.2) is 16.1 Å². The first-order chi connectivity index (χ1) is 17.7. The van der Waals surface area contributed by atoms with Crippen molar-refractivity contribution in [3.63, 3.8) is 0 Å². The van der Waals surface area contributed by atoms with Crippen LogP contribution >= 0.6 is 0 Å². The molecule has 4 fully saturated rings. The maximum Gasteiger partial charge on any atom is 0.415 e. The van der Waals surface area contributed by atoms with Crippen molar-refractivity contribution in [2.45, 2.75) is 58.4 Å². The molecule has 0 aromatic carbocycles. The molecule has 210 valence electrons. The topological polar surface area (TPSA) is 118 Å². The quantitative estimate of drug-likeness (QED) is 0.295. The third-order valence-corrected chi connectivity index (χ3v) is 8.11. The lowest BCUT2D eigenvalue weighted by molar-refractivity contribution is -0.186. The summed E-state index contributed by atoms with van der Waals surface area (Å²) in [5.41, 5.74) is -2.59. The van der Waals surface area contributed by atoms with E-state index in [9.17, 15) is 32.3 Å². The van der Waals surface area contributed by atoms with E-state index in [0.717, 1.165) is 7.11 Å². The van der Waals surface area contributed by atoms with E-state index < -0.39 is 88.7 Å². The molecule has 1 aliphatic heterocycles. The summed E-state index contributed by atoms with van der Waals surface area (Å²) in [6.45, 7) is 6.09. The first kappa shape index (κ1) is 28.1. The van der Waals surface area contributed by atoms with Crippen LogP contribution in [0.2, 0.25) is 0 Å². The summed E-state index contributed by atoms with van der Waals surface area (Å²) < 4.78 is 64.2. The van der Waals surface area contributed by atoms with Gasteiger partial charge in [-0.05, 0) is 69.8 Å². The summed E-state index contributed by atoms with van der Waals surface area (Å²) in [7, 11) is 2.34. The van der Waals surface area contributed by atoms with Crippen LogP contribution in [-0.4, -0.2) is 68.2 Å². The minimum Gasteiger partial charge on any atom is -0.469 e. The molecule has 8 atom stereocenters. The van der Waals surface area contributed by atoms with Crippen molar-refractivity contribution in [2.75, 3.05) is 20.8 Å². The number of methoxy groups -OCH3 is 2. The molecular weight excluding hydrogens is 511 g/mol. The number of fused-ring (bicyclic) bond motifs is 3. The molecule has 0 N–H and O–H groups in total. The predicted molar refractivity (Wildman–Crippen MR) is 124 cm³/mol. The number of carbonyl (C=O) groups is 4. The molecule has 4 saturated carbocycles. The summed E-state index contributed by atoms with van der Waals surface area (Å²) in [6, 6.07) is -2.10. The predicted octanol–water partition coefficient (Wildman–Crippen LogP) is 3.05. The van der Waals surface area contributed by atoms with E-state index in [1.165, 1.54) is 14.0 Å². The Kier molecular flexibility index (Phi) is 7.15. The number of alkyl halides is 3. The largest absolute Gasteiger partial charge is 0.469 e. The first-order valence-electron chi connectivity index (χ1n) is 12.6. The Bertz CT molecular complexity index is 1100. The number of dihydropyridines is 1. The summed E-state index contributed by atoms with van der Waals surface area (Å²) >= 11 is 0. The standard InChI is InChI=1S/C26H32F3NO8/c1-7-37-23(33)20-18(26(27,28)29)16-12-10-8-9-11(15(22(32)36-6)14(10)21(31)35-5)13(12)17(16)19(30-20)24(34)38-25(2,3)4/h10-15,17,20H,7-9H2,1-6H3. The fourth-order valence-electron chi connectivity index (χ4n) is 7.11. The Morgan fingerprint density at radius 3 is 1.97 bits per heavy atom. The highest BCUT2D eigenvalue weighted by molar-refractivity contribution is 6.39. The van der Waals surface area contributed by atoms with E-state index in [1.807, 2.05) is 0 Å². The normalized spacial score (nSPS) is 33.8. The molecule has 8 unspecified atom stereocenters. The van der Waals surface area contributed by atoms with Gasteiger partial charge < -0.3 is 18.9 Å². The van der Waals surface area contributed by atoms with E-state index in [2.05, 4.69) is 4.99 Å². The number of rotatable bonds is 5. The van der Waals surface area contributed by atoms with Gasteiger partial charge in [-0.1, -0.05) is 0 Å². The third kappa shape index (κ3) is 4.39. The molecule has 2 bridgehead atoms. The van der Waals surface area contributed by atoms with E-state index in [0.29, 0.717) is 12.8 Å². The van der Waals surface area contributed by atoms with Crippen molar-refractivity contribution in [2.24, 2.45) is 46.4 Å². The molecule has 0 saturated heterocycles. The van der Waals surface area contributed by atoms with Gasteiger partial charge in [0.25, 0.3) is 0 Å². The molecule has 5 rings (SSSR count). The third-order valence-electron chi connectivity index (χ3n) is 8.11. The lowest BCUT2D eigenvalue weighted by Crippen LogP contribution is -2.67. The van der Waals surface area contributed by atoms with Crippen LogP contribution < -0.4 is 0 Å². The Balaban J connectivity index is 1.91. The maximum atomic E-state index is 14.6. The summed E-state index contributed by atoms with van der Waals surface area (Å²) in [6.07, 6.45) is -4.13. The molecule has 0 radical (unpaired) electrons. The second-order valence-corrected chi connectivity index (χ2v) is 11.1. The van der Waals surface area contributed by atoms with Gasteiger partial charge in [0, 0.05) is 5.92 Å². The van der Waals surface area contributed by atoms with Crippen LogP contribution in [0.5, 0.6) is 0 Å². The van der Waals surface area contributed by atoms with E-state index in [-0.39, 0.29) is 17.9 Å². The van der Waals surface area contributed by atoms with E-state index in [4.69, 9.17) is 18.9 Å². The Morgan fingerprint density at radius 2 is 1.47 bits per heavy atom. The second kappa shape index (κ2) is 9.68. The number of ether oxygens (including phenoxy) is 4. The average Bonchev–Trinajstić information content (AvgIpc) is 2.82. The zero-order chi connectivity index (χ0) is 28.3. The van der Waals surface area contributed by atoms with Crippen molar-refractivity contribution in [1.82, 2.24) is 0 Å². The van der Waals surface area contributed by atoms with Gasteiger partial charge in [-0.2, -0.15) is 13.2 Å². The molecule has 0 amide bonds. The highest BCUT2D eigenvalue weighted by Crippen LogP contribution is 2.69. The van der Waals surface area contributed by atoms with Gasteiger partial charge in [-0.3, -0.25) is 14.6 Å². The van der Waals surface area contributed by atoms with Gasteiger partial charge in [0.2, 0.25) is 0 Å². The fraction of sp³-hybridized carbons (Fsp3) is 0.731. The molecule has 4 aliphatic carbocycles. The van der Waals surface area contributed by atoms with Gasteiger partial charge in [-0.25, -0.2) is 9.59 Å². The Morgan fingerprint density at radius 1 is 0.921 bits per heavy atom. The van der Waals surface area contributed by atoms with Crippen LogP contribution in [0.25, 0.3) is 0 Å². The van der Waals surface area contributed by atoms with E-state index in [1.54, 1.807) is 20.8 Å². The van der Waals surface area contributed by atoms with E-state index >= 15 is 0 Å².